The number of piperidine rings is 1. The molecule has 1 fully saturated rings. The van der Waals surface area contributed by atoms with Crippen LogP contribution in [0.15, 0.2) is 52.5 Å². The van der Waals surface area contributed by atoms with Gasteiger partial charge in [-0.15, -0.1) is 0 Å². The van der Waals surface area contributed by atoms with Gasteiger partial charge in [0.1, 0.15) is 5.60 Å². The zero-order valence-corrected chi connectivity index (χ0v) is 20.2. The number of likely N-dealkylation sites (tertiary alicyclic amines) is 1. The number of fused-ring (bicyclic) bond motifs is 1. The minimum absolute atomic E-state index is 0.160. The van der Waals surface area contributed by atoms with Crippen LogP contribution in [0.1, 0.15) is 56.2 Å². The van der Waals surface area contributed by atoms with Crippen LogP contribution in [-0.4, -0.2) is 43.5 Å². The van der Waals surface area contributed by atoms with Crippen molar-refractivity contribution >= 4 is 27.1 Å². The average Bonchev–Trinajstić information content (AvgIpc) is 3.17. The van der Waals surface area contributed by atoms with Crippen molar-refractivity contribution in [3.05, 3.63) is 64.2 Å². The Morgan fingerprint density at radius 2 is 1.81 bits per heavy atom. The van der Waals surface area contributed by atoms with Gasteiger partial charge in [-0.1, -0.05) is 67.0 Å². The maximum atomic E-state index is 12.6. The fourth-order valence-corrected chi connectivity index (χ4v) is 7.74. The van der Waals surface area contributed by atoms with E-state index >= 15 is 0 Å². The summed E-state index contributed by atoms with van der Waals surface area (Å²) in [5, 5.41) is 4.77. The number of hydrogen-bond donors (Lipinski definition) is 0. The smallest absolute Gasteiger partial charge is 0.180 e. The minimum atomic E-state index is -3.31. The summed E-state index contributed by atoms with van der Waals surface area (Å²) >= 11 is 6.52. The molecule has 3 aliphatic rings. The Labute approximate surface area is 195 Å². The molecule has 0 aromatic heterocycles. The quantitative estimate of drug-likeness (QED) is 0.633. The van der Waals surface area contributed by atoms with Gasteiger partial charge in [0.05, 0.1) is 21.4 Å². The standard InChI is InChI=1S/C25H29ClN2O3S/c1-24(2)10-13-32(29,30)23-20(24)14-18(15-21(23)26)17-28-11-8-25(9-12-28)16-22(27-31-25)19-6-4-3-5-7-19/h3-7,14-15H,8-13,16-17H2,1-2H3. The second-order valence-electron chi connectivity index (χ2n) is 10.0. The van der Waals surface area contributed by atoms with Crippen LogP contribution in [0.2, 0.25) is 5.02 Å². The van der Waals surface area contributed by atoms with E-state index in [-0.39, 0.29) is 16.8 Å². The van der Waals surface area contributed by atoms with E-state index in [0.29, 0.717) is 16.3 Å². The summed E-state index contributed by atoms with van der Waals surface area (Å²) < 4.78 is 25.3. The largest absolute Gasteiger partial charge is 0.388 e. The van der Waals surface area contributed by atoms with Crippen LogP contribution < -0.4 is 0 Å². The van der Waals surface area contributed by atoms with E-state index in [0.717, 1.165) is 61.3 Å². The van der Waals surface area contributed by atoms with Crippen molar-refractivity contribution in [1.29, 1.82) is 0 Å². The summed E-state index contributed by atoms with van der Waals surface area (Å²) in [6.45, 7) is 6.79. The molecule has 5 rings (SSSR count). The lowest BCUT2D eigenvalue weighted by atomic mass is 9.81. The van der Waals surface area contributed by atoms with E-state index in [2.05, 4.69) is 42.1 Å². The number of hydrogen-bond acceptors (Lipinski definition) is 5. The Balaban J connectivity index is 1.28. The second-order valence-corrected chi connectivity index (χ2v) is 12.5. The van der Waals surface area contributed by atoms with Gasteiger partial charge in [0.2, 0.25) is 0 Å². The molecule has 7 heteroatoms. The first-order chi connectivity index (χ1) is 15.2. The Hall–Kier alpha value is -1.89. The van der Waals surface area contributed by atoms with Gasteiger partial charge in [-0.05, 0) is 34.6 Å². The van der Waals surface area contributed by atoms with E-state index in [9.17, 15) is 8.42 Å². The van der Waals surface area contributed by atoms with Crippen molar-refractivity contribution in [2.75, 3.05) is 18.8 Å². The number of halogens is 1. The fraction of sp³-hybridized carbons (Fsp3) is 0.480. The summed E-state index contributed by atoms with van der Waals surface area (Å²) in [5.74, 6) is 0.160. The van der Waals surface area contributed by atoms with Gasteiger partial charge in [-0.25, -0.2) is 8.42 Å². The van der Waals surface area contributed by atoms with Crippen molar-refractivity contribution in [1.82, 2.24) is 4.90 Å². The molecule has 0 bridgehead atoms. The summed E-state index contributed by atoms with van der Waals surface area (Å²) in [5.41, 5.74) is 3.70. The zero-order valence-electron chi connectivity index (χ0n) is 18.6. The first kappa shape index (κ1) is 21.9. The van der Waals surface area contributed by atoms with Gasteiger partial charge in [0.15, 0.2) is 9.84 Å². The maximum absolute atomic E-state index is 12.6. The molecule has 0 N–H and O–H groups in total. The summed E-state index contributed by atoms with van der Waals surface area (Å²) in [4.78, 5) is 8.70. The number of nitrogens with zero attached hydrogens (tertiary/aromatic N) is 2. The van der Waals surface area contributed by atoms with Crippen molar-refractivity contribution < 1.29 is 13.3 Å². The molecule has 3 aliphatic heterocycles. The van der Waals surface area contributed by atoms with Crippen LogP contribution in [0.4, 0.5) is 0 Å². The Morgan fingerprint density at radius 3 is 2.53 bits per heavy atom. The Kier molecular flexibility index (Phi) is 5.38. The van der Waals surface area contributed by atoms with Crippen LogP contribution in [0.25, 0.3) is 0 Å². The van der Waals surface area contributed by atoms with Crippen LogP contribution in [-0.2, 0) is 26.6 Å². The molecule has 0 unspecified atom stereocenters. The van der Waals surface area contributed by atoms with Gasteiger partial charge in [-0.2, -0.15) is 0 Å². The lowest BCUT2D eigenvalue weighted by molar-refractivity contribution is -0.0627. The summed E-state index contributed by atoms with van der Waals surface area (Å²) in [7, 11) is -3.31. The minimum Gasteiger partial charge on any atom is -0.388 e. The highest BCUT2D eigenvalue weighted by molar-refractivity contribution is 7.91. The van der Waals surface area contributed by atoms with Gasteiger partial charge < -0.3 is 4.84 Å². The van der Waals surface area contributed by atoms with E-state index in [4.69, 9.17) is 16.4 Å². The SMILES string of the molecule is CC1(C)CCS(=O)(=O)c2c(Cl)cc(CN3CCC4(CC3)CC(c3ccccc3)=NO4)cc21. The molecule has 0 aliphatic carbocycles. The molecule has 1 spiro atoms. The summed E-state index contributed by atoms with van der Waals surface area (Å²) in [6, 6.07) is 14.1. The predicted molar refractivity (Wildman–Crippen MR) is 127 cm³/mol. The molecule has 3 heterocycles. The molecule has 0 atom stereocenters. The average molecular weight is 473 g/mol. The molecule has 0 saturated carbocycles. The number of benzene rings is 2. The molecule has 0 radical (unpaired) electrons. The van der Waals surface area contributed by atoms with E-state index in [1.165, 1.54) is 0 Å². The molecule has 1 saturated heterocycles. The highest BCUT2D eigenvalue weighted by Gasteiger charge is 2.42. The number of rotatable bonds is 3. The summed E-state index contributed by atoms with van der Waals surface area (Å²) in [6.07, 6.45) is 3.31. The molecule has 32 heavy (non-hydrogen) atoms. The number of oxime groups is 1. The highest BCUT2D eigenvalue weighted by atomic mass is 35.5. The molecule has 5 nitrogen and oxygen atoms in total. The van der Waals surface area contributed by atoms with Crippen molar-refractivity contribution in [3.8, 4) is 0 Å². The van der Waals surface area contributed by atoms with Gasteiger partial charge in [0, 0.05) is 38.9 Å². The molecule has 170 valence electrons. The Bertz CT molecular complexity index is 1170. The molecule has 2 aromatic rings. The van der Waals surface area contributed by atoms with Crippen LogP contribution in [0, 0.1) is 0 Å². The van der Waals surface area contributed by atoms with Gasteiger partial charge >= 0.3 is 0 Å². The fourth-order valence-electron chi connectivity index (χ4n) is 5.14. The molecular weight excluding hydrogens is 444 g/mol. The lowest BCUT2D eigenvalue weighted by Crippen LogP contribution is -2.44. The number of sulfone groups is 1. The zero-order chi connectivity index (χ0) is 22.6. The van der Waals surface area contributed by atoms with Gasteiger partial charge in [0.25, 0.3) is 0 Å². The van der Waals surface area contributed by atoms with Gasteiger partial charge in [-0.3, -0.25) is 4.90 Å². The Morgan fingerprint density at radius 1 is 1.09 bits per heavy atom. The maximum Gasteiger partial charge on any atom is 0.180 e. The molecular formula is C25H29ClN2O3S. The van der Waals surface area contributed by atoms with Crippen molar-refractivity contribution in [2.24, 2.45) is 5.16 Å². The van der Waals surface area contributed by atoms with Crippen molar-refractivity contribution in [2.45, 2.75) is 62.0 Å². The normalized spacial score (nSPS) is 23.4. The van der Waals surface area contributed by atoms with E-state index < -0.39 is 9.84 Å². The third kappa shape index (κ3) is 3.97. The first-order valence-corrected chi connectivity index (χ1v) is 13.3. The predicted octanol–water partition coefficient (Wildman–Crippen LogP) is 4.95. The second kappa shape index (κ2) is 7.86. The first-order valence-electron chi connectivity index (χ1n) is 11.3. The van der Waals surface area contributed by atoms with E-state index in [1.807, 2.05) is 24.3 Å². The van der Waals surface area contributed by atoms with E-state index in [1.54, 1.807) is 0 Å². The highest BCUT2D eigenvalue weighted by Crippen LogP contribution is 2.43. The van der Waals surface area contributed by atoms with Crippen LogP contribution >= 0.6 is 11.6 Å². The van der Waals surface area contributed by atoms with Crippen LogP contribution in [0.3, 0.4) is 0 Å². The van der Waals surface area contributed by atoms with Crippen LogP contribution in [0.5, 0.6) is 0 Å². The molecule has 0 amide bonds. The van der Waals surface area contributed by atoms with Crippen molar-refractivity contribution in [3.63, 3.8) is 0 Å². The monoisotopic (exact) mass is 472 g/mol. The third-order valence-electron chi connectivity index (χ3n) is 7.26. The topological polar surface area (TPSA) is 59.0 Å². The third-order valence-corrected chi connectivity index (χ3v) is 9.47. The molecule has 2 aromatic carbocycles. The lowest BCUT2D eigenvalue weighted by Gasteiger charge is -2.38.